The highest BCUT2D eigenvalue weighted by Gasteiger charge is 2.35. The Hall–Kier alpha value is -1.10. The van der Waals surface area contributed by atoms with E-state index in [1.807, 2.05) is 13.8 Å². The van der Waals surface area contributed by atoms with Crippen molar-refractivity contribution in [2.75, 3.05) is 13.1 Å². The molecule has 1 amide bonds. The van der Waals surface area contributed by atoms with Crippen LogP contribution in [0.25, 0.3) is 0 Å². The fraction of sp³-hybridized carbons (Fsp3) is 0.846. The maximum absolute atomic E-state index is 11.9. The van der Waals surface area contributed by atoms with Gasteiger partial charge in [-0.2, -0.15) is 0 Å². The summed E-state index contributed by atoms with van der Waals surface area (Å²) >= 11 is 0. The van der Waals surface area contributed by atoms with Crippen LogP contribution in [0.1, 0.15) is 46.0 Å². The molecule has 104 valence electrons. The lowest BCUT2D eigenvalue weighted by molar-refractivity contribution is -0.149. The highest BCUT2D eigenvalue weighted by molar-refractivity contribution is 5.83. The van der Waals surface area contributed by atoms with Crippen LogP contribution in [-0.4, -0.2) is 36.1 Å². The summed E-state index contributed by atoms with van der Waals surface area (Å²) in [5, 5.41) is 15.2. The Kier molecular flexibility index (Phi) is 5.59. The standard InChI is InChI=1S/C13H24N2O3/c1-3-13(4-2,12(17)18)9-15-11(16)10-7-5-6-8-14-10/h10,14H,3-9H2,1-2H3,(H,15,16)(H,17,18)/t10-/m1/s1. The number of hydrogen-bond acceptors (Lipinski definition) is 3. The fourth-order valence-electron chi connectivity index (χ4n) is 2.33. The minimum atomic E-state index is -0.829. The highest BCUT2D eigenvalue weighted by atomic mass is 16.4. The van der Waals surface area contributed by atoms with Crippen molar-refractivity contribution in [3.05, 3.63) is 0 Å². The first kappa shape index (κ1) is 15.0. The SMILES string of the molecule is CCC(CC)(CNC(=O)[C@H]1CCCCN1)C(=O)O. The largest absolute Gasteiger partial charge is 0.481 e. The number of piperidine rings is 1. The van der Waals surface area contributed by atoms with Crippen molar-refractivity contribution in [3.63, 3.8) is 0 Å². The molecule has 1 aliphatic rings. The van der Waals surface area contributed by atoms with Gasteiger partial charge >= 0.3 is 5.97 Å². The Balaban J connectivity index is 2.51. The Morgan fingerprint density at radius 3 is 2.44 bits per heavy atom. The van der Waals surface area contributed by atoms with E-state index in [0.29, 0.717) is 12.8 Å². The van der Waals surface area contributed by atoms with Crippen LogP contribution in [-0.2, 0) is 9.59 Å². The van der Waals surface area contributed by atoms with E-state index in [9.17, 15) is 14.7 Å². The first-order chi connectivity index (χ1) is 8.55. The number of carboxylic acids is 1. The van der Waals surface area contributed by atoms with E-state index in [2.05, 4.69) is 10.6 Å². The first-order valence-corrected chi connectivity index (χ1v) is 6.80. The van der Waals surface area contributed by atoms with Crippen molar-refractivity contribution in [2.45, 2.75) is 52.0 Å². The predicted octanol–water partition coefficient (Wildman–Crippen LogP) is 1.14. The third-order valence-corrected chi connectivity index (χ3v) is 4.04. The molecule has 0 aromatic rings. The Bertz CT molecular complexity index is 295. The number of carbonyl (C=O) groups is 2. The van der Waals surface area contributed by atoms with Crippen LogP contribution >= 0.6 is 0 Å². The topological polar surface area (TPSA) is 78.4 Å². The minimum Gasteiger partial charge on any atom is -0.481 e. The Labute approximate surface area is 108 Å². The second-order valence-electron chi connectivity index (χ2n) is 5.01. The molecule has 18 heavy (non-hydrogen) atoms. The van der Waals surface area contributed by atoms with Gasteiger partial charge in [-0.1, -0.05) is 20.3 Å². The summed E-state index contributed by atoms with van der Waals surface area (Å²) in [5.74, 6) is -0.897. The fourth-order valence-corrected chi connectivity index (χ4v) is 2.33. The molecule has 0 aromatic carbocycles. The van der Waals surface area contributed by atoms with Gasteiger partial charge in [0, 0.05) is 6.54 Å². The van der Waals surface area contributed by atoms with Gasteiger partial charge in [0.15, 0.2) is 0 Å². The van der Waals surface area contributed by atoms with Gasteiger partial charge in [0.2, 0.25) is 5.91 Å². The zero-order chi connectivity index (χ0) is 13.6. The van der Waals surface area contributed by atoms with Gasteiger partial charge < -0.3 is 15.7 Å². The van der Waals surface area contributed by atoms with Crippen molar-refractivity contribution in [1.29, 1.82) is 0 Å². The lowest BCUT2D eigenvalue weighted by Crippen LogP contribution is -2.50. The van der Waals surface area contributed by atoms with E-state index in [-0.39, 0.29) is 18.5 Å². The second kappa shape index (κ2) is 6.73. The molecule has 0 aliphatic carbocycles. The van der Waals surface area contributed by atoms with Crippen LogP contribution in [0.3, 0.4) is 0 Å². The molecule has 0 unspecified atom stereocenters. The van der Waals surface area contributed by atoms with Gasteiger partial charge in [0.05, 0.1) is 11.5 Å². The van der Waals surface area contributed by atoms with Crippen LogP contribution in [0.5, 0.6) is 0 Å². The lowest BCUT2D eigenvalue weighted by atomic mass is 9.82. The molecule has 5 nitrogen and oxygen atoms in total. The van der Waals surface area contributed by atoms with Crippen LogP contribution < -0.4 is 10.6 Å². The van der Waals surface area contributed by atoms with Gasteiger partial charge in [0.1, 0.15) is 0 Å². The quantitative estimate of drug-likeness (QED) is 0.666. The molecule has 3 N–H and O–H groups in total. The number of nitrogens with one attached hydrogen (secondary N) is 2. The molecule has 1 rings (SSSR count). The number of carbonyl (C=O) groups excluding carboxylic acids is 1. The molecule has 1 aliphatic heterocycles. The summed E-state index contributed by atoms with van der Waals surface area (Å²) in [5.41, 5.74) is -0.829. The number of rotatable bonds is 6. The molecule has 0 radical (unpaired) electrons. The maximum Gasteiger partial charge on any atom is 0.311 e. The van der Waals surface area contributed by atoms with E-state index in [0.717, 1.165) is 25.8 Å². The number of aliphatic carboxylic acids is 1. The molecule has 0 spiro atoms. The maximum atomic E-state index is 11.9. The smallest absolute Gasteiger partial charge is 0.311 e. The average molecular weight is 256 g/mol. The molecule has 1 fully saturated rings. The van der Waals surface area contributed by atoms with E-state index < -0.39 is 11.4 Å². The Morgan fingerprint density at radius 1 is 1.33 bits per heavy atom. The van der Waals surface area contributed by atoms with E-state index in [1.54, 1.807) is 0 Å². The predicted molar refractivity (Wildman–Crippen MR) is 69.3 cm³/mol. The van der Waals surface area contributed by atoms with Crippen LogP contribution in [0.2, 0.25) is 0 Å². The van der Waals surface area contributed by atoms with Crippen molar-refractivity contribution < 1.29 is 14.7 Å². The van der Waals surface area contributed by atoms with Gasteiger partial charge in [0.25, 0.3) is 0 Å². The summed E-state index contributed by atoms with van der Waals surface area (Å²) in [6.45, 7) is 4.78. The molecular formula is C13H24N2O3. The number of carboxylic acid groups (broad SMARTS) is 1. The zero-order valence-electron chi connectivity index (χ0n) is 11.3. The monoisotopic (exact) mass is 256 g/mol. The summed E-state index contributed by atoms with van der Waals surface area (Å²) in [6, 6.07) is -0.154. The van der Waals surface area contributed by atoms with Crippen LogP contribution in [0.4, 0.5) is 0 Å². The van der Waals surface area contributed by atoms with Gasteiger partial charge in [-0.3, -0.25) is 9.59 Å². The highest BCUT2D eigenvalue weighted by Crippen LogP contribution is 2.25. The first-order valence-electron chi connectivity index (χ1n) is 6.80. The van der Waals surface area contributed by atoms with Crippen molar-refractivity contribution >= 4 is 11.9 Å². The molecule has 5 heteroatoms. The van der Waals surface area contributed by atoms with Gasteiger partial charge in [-0.05, 0) is 32.2 Å². The molecule has 1 heterocycles. The second-order valence-corrected chi connectivity index (χ2v) is 5.01. The van der Waals surface area contributed by atoms with E-state index in [1.165, 1.54) is 0 Å². The number of hydrogen-bond donors (Lipinski definition) is 3. The van der Waals surface area contributed by atoms with Crippen molar-refractivity contribution in [3.8, 4) is 0 Å². The molecule has 1 saturated heterocycles. The molecule has 0 bridgehead atoms. The normalized spacial score (nSPS) is 20.4. The molecule has 1 atom stereocenters. The lowest BCUT2D eigenvalue weighted by Gasteiger charge is -2.29. The van der Waals surface area contributed by atoms with Gasteiger partial charge in [-0.15, -0.1) is 0 Å². The van der Waals surface area contributed by atoms with Gasteiger partial charge in [-0.25, -0.2) is 0 Å². The number of amides is 1. The molecule has 0 aromatic heterocycles. The third kappa shape index (κ3) is 3.45. The third-order valence-electron chi connectivity index (χ3n) is 4.04. The zero-order valence-corrected chi connectivity index (χ0v) is 11.3. The van der Waals surface area contributed by atoms with Crippen molar-refractivity contribution in [2.24, 2.45) is 5.41 Å². The van der Waals surface area contributed by atoms with Crippen LogP contribution in [0, 0.1) is 5.41 Å². The van der Waals surface area contributed by atoms with E-state index in [4.69, 9.17) is 0 Å². The summed E-state index contributed by atoms with van der Waals surface area (Å²) in [6.07, 6.45) is 4.04. The van der Waals surface area contributed by atoms with Crippen LogP contribution in [0.15, 0.2) is 0 Å². The molecule has 0 saturated carbocycles. The summed E-state index contributed by atoms with van der Waals surface area (Å²) in [4.78, 5) is 23.2. The summed E-state index contributed by atoms with van der Waals surface area (Å²) < 4.78 is 0. The summed E-state index contributed by atoms with van der Waals surface area (Å²) in [7, 11) is 0. The molecular weight excluding hydrogens is 232 g/mol. The van der Waals surface area contributed by atoms with Crippen molar-refractivity contribution in [1.82, 2.24) is 10.6 Å². The minimum absolute atomic E-state index is 0.0674. The average Bonchev–Trinajstić information content (AvgIpc) is 2.41. The van der Waals surface area contributed by atoms with E-state index >= 15 is 0 Å². The Morgan fingerprint density at radius 2 is 2.00 bits per heavy atom.